The van der Waals surface area contributed by atoms with Gasteiger partial charge < -0.3 is 14.8 Å². The van der Waals surface area contributed by atoms with Crippen LogP contribution in [0, 0.1) is 0 Å². The predicted molar refractivity (Wildman–Crippen MR) is 96.5 cm³/mol. The van der Waals surface area contributed by atoms with E-state index in [1.165, 1.54) is 11.3 Å². The molecule has 2 aromatic heterocycles. The van der Waals surface area contributed by atoms with Crippen molar-refractivity contribution >= 4 is 17.2 Å². The Morgan fingerprint density at radius 3 is 3.24 bits per heavy atom. The molecule has 0 bridgehead atoms. The van der Waals surface area contributed by atoms with E-state index >= 15 is 0 Å². The Morgan fingerprint density at radius 1 is 1.48 bits per heavy atom. The van der Waals surface area contributed by atoms with Crippen LogP contribution < -0.4 is 5.32 Å². The summed E-state index contributed by atoms with van der Waals surface area (Å²) in [6, 6.07) is 3.84. The number of aromatic nitrogens is 2. The molecule has 3 heterocycles. The van der Waals surface area contributed by atoms with Crippen LogP contribution in [0.25, 0.3) is 10.6 Å². The molecular formula is C18H23N3O3S. The number of amides is 1. The lowest BCUT2D eigenvalue weighted by Gasteiger charge is -2.10. The average Bonchev–Trinajstić information content (AvgIpc) is 3.31. The Bertz CT molecular complexity index is 657. The minimum Gasteiger partial charge on any atom is -0.379 e. The maximum absolute atomic E-state index is 12.0. The number of nitrogens with zero attached hydrogens (tertiary/aromatic N) is 2. The highest BCUT2D eigenvalue weighted by atomic mass is 32.1. The maximum Gasteiger partial charge on any atom is 0.226 e. The Kier molecular flexibility index (Phi) is 6.90. The monoisotopic (exact) mass is 361 g/mol. The summed E-state index contributed by atoms with van der Waals surface area (Å²) < 4.78 is 11.1. The molecule has 7 heteroatoms. The second kappa shape index (κ2) is 9.60. The van der Waals surface area contributed by atoms with Crippen LogP contribution in [-0.2, 0) is 20.7 Å². The summed E-state index contributed by atoms with van der Waals surface area (Å²) in [7, 11) is 0. The summed E-state index contributed by atoms with van der Waals surface area (Å²) in [5.74, 6) is -0.0119. The highest BCUT2D eigenvalue weighted by molar-refractivity contribution is 7.13. The third kappa shape index (κ3) is 5.88. The van der Waals surface area contributed by atoms with Gasteiger partial charge >= 0.3 is 0 Å². The van der Waals surface area contributed by atoms with E-state index in [1.807, 2.05) is 17.5 Å². The number of pyridine rings is 1. The lowest BCUT2D eigenvalue weighted by molar-refractivity contribution is -0.120. The number of ether oxygens (including phenoxy) is 2. The maximum atomic E-state index is 12.0. The van der Waals surface area contributed by atoms with Crippen LogP contribution in [0.5, 0.6) is 0 Å². The molecule has 1 aliphatic heterocycles. The van der Waals surface area contributed by atoms with Gasteiger partial charge in [0.1, 0.15) is 5.01 Å². The van der Waals surface area contributed by atoms with Crippen LogP contribution in [0.3, 0.4) is 0 Å². The van der Waals surface area contributed by atoms with E-state index in [0.29, 0.717) is 26.2 Å². The summed E-state index contributed by atoms with van der Waals surface area (Å²) in [5, 5.41) is 5.72. The Morgan fingerprint density at radius 2 is 2.44 bits per heavy atom. The molecule has 1 fully saturated rings. The Hall–Kier alpha value is -1.83. The third-order valence-corrected chi connectivity index (χ3v) is 4.86. The van der Waals surface area contributed by atoms with Crippen LogP contribution >= 0.6 is 11.3 Å². The molecule has 1 saturated heterocycles. The number of carbonyl (C=O) groups is 1. The Balaban J connectivity index is 1.31. The number of thiazole rings is 1. The minimum absolute atomic E-state index is 0.0119. The van der Waals surface area contributed by atoms with Gasteiger partial charge in [-0.2, -0.15) is 0 Å². The van der Waals surface area contributed by atoms with E-state index in [4.69, 9.17) is 9.47 Å². The van der Waals surface area contributed by atoms with Crippen molar-refractivity contribution in [2.45, 2.75) is 31.8 Å². The molecule has 134 valence electrons. The first kappa shape index (κ1) is 18.0. The number of hydrogen-bond donors (Lipinski definition) is 1. The van der Waals surface area contributed by atoms with Crippen molar-refractivity contribution in [2.24, 2.45) is 0 Å². The number of hydrogen-bond acceptors (Lipinski definition) is 6. The van der Waals surface area contributed by atoms with Crippen molar-refractivity contribution in [1.29, 1.82) is 0 Å². The molecule has 1 unspecified atom stereocenters. The topological polar surface area (TPSA) is 73.3 Å². The lowest BCUT2D eigenvalue weighted by Crippen LogP contribution is -2.27. The van der Waals surface area contributed by atoms with Gasteiger partial charge in [-0.1, -0.05) is 0 Å². The van der Waals surface area contributed by atoms with Gasteiger partial charge in [-0.15, -0.1) is 11.3 Å². The number of carbonyl (C=O) groups excluding carboxylic acids is 1. The van der Waals surface area contributed by atoms with Gasteiger partial charge in [0.25, 0.3) is 0 Å². The number of nitrogens with one attached hydrogen (secondary N) is 1. The third-order valence-electron chi connectivity index (χ3n) is 3.92. The van der Waals surface area contributed by atoms with E-state index in [0.717, 1.165) is 42.1 Å². The molecular weight excluding hydrogens is 338 g/mol. The van der Waals surface area contributed by atoms with Crippen molar-refractivity contribution in [1.82, 2.24) is 15.3 Å². The zero-order chi connectivity index (χ0) is 17.3. The van der Waals surface area contributed by atoms with Crippen molar-refractivity contribution < 1.29 is 14.3 Å². The predicted octanol–water partition coefficient (Wildman–Crippen LogP) is 2.45. The summed E-state index contributed by atoms with van der Waals surface area (Å²) in [4.78, 5) is 20.6. The second-order valence-corrected chi connectivity index (χ2v) is 6.83. The summed E-state index contributed by atoms with van der Waals surface area (Å²) in [6.07, 6.45) is 7.08. The van der Waals surface area contributed by atoms with Crippen LogP contribution in [0.4, 0.5) is 0 Å². The highest BCUT2D eigenvalue weighted by Crippen LogP contribution is 2.22. The van der Waals surface area contributed by atoms with E-state index in [9.17, 15) is 4.79 Å². The first-order valence-electron chi connectivity index (χ1n) is 8.62. The van der Waals surface area contributed by atoms with Gasteiger partial charge in [-0.05, 0) is 31.4 Å². The van der Waals surface area contributed by atoms with Crippen molar-refractivity contribution in [3.05, 3.63) is 35.6 Å². The first-order chi connectivity index (χ1) is 12.3. The van der Waals surface area contributed by atoms with Crippen LogP contribution in [0.1, 0.15) is 25.0 Å². The highest BCUT2D eigenvalue weighted by Gasteiger charge is 2.15. The zero-order valence-electron chi connectivity index (χ0n) is 14.1. The Labute approximate surface area is 151 Å². The number of rotatable bonds is 9. The SMILES string of the molecule is O=C(Cc1csc(-c2cccnc2)n1)NCCCOCC1CCCO1. The fourth-order valence-electron chi connectivity index (χ4n) is 2.63. The van der Waals surface area contributed by atoms with Crippen LogP contribution in [0.15, 0.2) is 29.9 Å². The van der Waals surface area contributed by atoms with E-state index in [1.54, 1.807) is 12.4 Å². The molecule has 0 saturated carbocycles. The van der Waals surface area contributed by atoms with Crippen molar-refractivity contribution in [2.75, 3.05) is 26.4 Å². The van der Waals surface area contributed by atoms with E-state index in [-0.39, 0.29) is 12.0 Å². The average molecular weight is 361 g/mol. The summed E-state index contributed by atoms with van der Waals surface area (Å²) in [6.45, 7) is 2.76. The van der Waals surface area contributed by atoms with E-state index in [2.05, 4.69) is 15.3 Å². The molecule has 6 nitrogen and oxygen atoms in total. The van der Waals surface area contributed by atoms with Gasteiger partial charge in [-0.3, -0.25) is 9.78 Å². The first-order valence-corrected chi connectivity index (χ1v) is 9.50. The molecule has 3 rings (SSSR count). The molecule has 0 radical (unpaired) electrons. The van der Waals surface area contributed by atoms with Gasteiger partial charge in [0.2, 0.25) is 5.91 Å². The standard InChI is InChI=1S/C18H23N3O3S/c22-17(20-7-3-8-23-12-16-5-2-9-24-16)10-15-13-25-18(21-15)14-4-1-6-19-11-14/h1,4,6,11,13,16H,2-3,5,7-10,12H2,(H,20,22). The molecule has 1 atom stereocenters. The van der Waals surface area contributed by atoms with E-state index < -0.39 is 0 Å². The van der Waals surface area contributed by atoms with Crippen molar-refractivity contribution in [3.63, 3.8) is 0 Å². The normalized spacial score (nSPS) is 16.9. The fourth-order valence-corrected chi connectivity index (χ4v) is 3.44. The molecule has 25 heavy (non-hydrogen) atoms. The van der Waals surface area contributed by atoms with Crippen LogP contribution in [-0.4, -0.2) is 48.3 Å². The minimum atomic E-state index is -0.0119. The summed E-state index contributed by atoms with van der Waals surface area (Å²) >= 11 is 1.53. The smallest absolute Gasteiger partial charge is 0.226 e. The van der Waals surface area contributed by atoms with Gasteiger partial charge in [0.15, 0.2) is 0 Å². The van der Waals surface area contributed by atoms with Crippen LogP contribution in [0.2, 0.25) is 0 Å². The zero-order valence-corrected chi connectivity index (χ0v) is 15.0. The molecule has 2 aromatic rings. The molecule has 0 aliphatic carbocycles. The second-order valence-electron chi connectivity index (χ2n) is 5.98. The van der Waals surface area contributed by atoms with Gasteiger partial charge in [0.05, 0.1) is 24.8 Å². The summed E-state index contributed by atoms with van der Waals surface area (Å²) in [5.41, 5.74) is 1.76. The van der Waals surface area contributed by atoms with Gasteiger partial charge in [0, 0.05) is 43.1 Å². The molecule has 0 aromatic carbocycles. The molecule has 1 amide bonds. The largest absolute Gasteiger partial charge is 0.379 e. The lowest BCUT2D eigenvalue weighted by atomic mass is 10.2. The fraction of sp³-hybridized carbons (Fsp3) is 0.500. The quantitative estimate of drug-likeness (QED) is 0.695. The van der Waals surface area contributed by atoms with Gasteiger partial charge in [-0.25, -0.2) is 4.98 Å². The molecule has 1 aliphatic rings. The molecule has 0 spiro atoms. The van der Waals surface area contributed by atoms with Crippen molar-refractivity contribution in [3.8, 4) is 10.6 Å². The molecule has 1 N–H and O–H groups in total.